The fraction of sp³-hybridized carbons (Fsp3) is 0.850. The highest BCUT2D eigenvalue weighted by Gasteiger charge is 2.59. The molecule has 0 unspecified atom stereocenters. The number of hydrogen-bond acceptors (Lipinski definition) is 4. The maximum Gasteiger partial charge on any atom is 0.306 e. The van der Waals surface area contributed by atoms with Crippen molar-refractivity contribution in [1.82, 2.24) is 0 Å². The van der Waals surface area contributed by atoms with Gasteiger partial charge in [0, 0.05) is 18.8 Å². The van der Waals surface area contributed by atoms with Crippen LogP contribution < -0.4 is 0 Å². The molecular weight excluding hydrogens is 304 g/mol. The van der Waals surface area contributed by atoms with E-state index < -0.39 is 17.3 Å². The number of carbonyl (C=O) groups is 1. The summed E-state index contributed by atoms with van der Waals surface area (Å²) in [5.74, 6) is -0.160. The van der Waals surface area contributed by atoms with Gasteiger partial charge in [0.05, 0.1) is 11.2 Å². The average Bonchev–Trinajstić information content (AvgIpc) is 2.63. The van der Waals surface area contributed by atoms with Gasteiger partial charge in [-0.3, -0.25) is 4.79 Å². The molecular formula is C20H34O4. The summed E-state index contributed by atoms with van der Waals surface area (Å²) in [4.78, 5) is 12.3. The first-order valence-electron chi connectivity index (χ1n) is 9.24. The first kappa shape index (κ1) is 19.5. The summed E-state index contributed by atoms with van der Waals surface area (Å²) < 4.78 is 5.84. The molecule has 0 aromatic carbocycles. The van der Waals surface area contributed by atoms with Gasteiger partial charge in [0.15, 0.2) is 0 Å². The van der Waals surface area contributed by atoms with E-state index in [-0.39, 0.29) is 29.1 Å². The minimum absolute atomic E-state index is 0.0621. The number of allylic oxidation sites excluding steroid dienone is 1. The van der Waals surface area contributed by atoms with Crippen molar-refractivity contribution in [3.05, 3.63) is 12.2 Å². The number of carbonyl (C=O) groups excluding carboxylic acids is 1. The topological polar surface area (TPSA) is 66.8 Å². The second-order valence-electron chi connectivity index (χ2n) is 9.15. The highest BCUT2D eigenvalue weighted by molar-refractivity contribution is 5.69. The standard InChI is InChI=1S/C20H34O4/c1-13(2)11-16(21)24-15-12-19(6,22)9-7-18(5)8-10-20(23,14(3)4)17(15)18/h7,9,13-15,17,22-23H,8,10-12H2,1-6H3/t15-,17-,18-,19+,20+/m0/s1. The lowest BCUT2D eigenvalue weighted by molar-refractivity contribution is -0.169. The lowest BCUT2D eigenvalue weighted by Gasteiger charge is -2.43. The van der Waals surface area contributed by atoms with Crippen LogP contribution in [-0.4, -0.2) is 33.5 Å². The van der Waals surface area contributed by atoms with E-state index in [0.29, 0.717) is 19.3 Å². The van der Waals surface area contributed by atoms with Gasteiger partial charge < -0.3 is 14.9 Å². The van der Waals surface area contributed by atoms with Crippen molar-refractivity contribution in [3.8, 4) is 0 Å². The van der Waals surface area contributed by atoms with Crippen LogP contribution in [0.3, 0.4) is 0 Å². The monoisotopic (exact) mass is 338 g/mol. The molecule has 0 aromatic rings. The molecule has 2 N–H and O–H groups in total. The Morgan fingerprint density at radius 1 is 1.17 bits per heavy atom. The highest BCUT2D eigenvalue weighted by atomic mass is 16.5. The van der Waals surface area contributed by atoms with Crippen molar-refractivity contribution in [1.29, 1.82) is 0 Å². The molecule has 1 fully saturated rings. The Morgan fingerprint density at radius 3 is 2.33 bits per heavy atom. The lowest BCUT2D eigenvalue weighted by Crippen LogP contribution is -2.51. The van der Waals surface area contributed by atoms with Gasteiger partial charge in [0.1, 0.15) is 6.10 Å². The first-order valence-corrected chi connectivity index (χ1v) is 9.24. The molecule has 0 amide bonds. The highest BCUT2D eigenvalue weighted by Crippen LogP contribution is 2.57. The van der Waals surface area contributed by atoms with Gasteiger partial charge in [-0.25, -0.2) is 0 Å². The third-order valence-corrected chi connectivity index (χ3v) is 5.98. The minimum atomic E-state index is -1.03. The first-order chi connectivity index (χ1) is 10.9. The van der Waals surface area contributed by atoms with E-state index in [1.54, 1.807) is 6.92 Å². The van der Waals surface area contributed by atoms with Crippen LogP contribution in [0.2, 0.25) is 0 Å². The third-order valence-electron chi connectivity index (χ3n) is 5.98. The van der Waals surface area contributed by atoms with Crippen LogP contribution in [0.25, 0.3) is 0 Å². The van der Waals surface area contributed by atoms with Crippen LogP contribution in [0.15, 0.2) is 12.2 Å². The van der Waals surface area contributed by atoms with Gasteiger partial charge in [-0.1, -0.05) is 46.8 Å². The van der Waals surface area contributed by atoms with Crippen LogP contribution in [-0.2, 0) is 9.53 Å². The third kappa shape index (κ3) is 3.70. The Kier molecular flexibility index (Phi) is 5.23. The Morgan fingerprint density at radius 2 is 1.79 bits per heavy atom. The molecule has 2 aliphatic rings. The second kappa shape index (κ2) is 6.45. The molecule has 5 atom stereocenters. The van der Waals surface area contributed by atoms with Gasteiger partial charge in [-0.15, -0.1) is 0 Å². The van der Waals surface area contributed by atoms with Gasteiger partial charge in [-0.05, 0) is 37.0 Å². The predicted molar refractivity (Wildman–Crippen MR) is 94.3 cm³/mol. The molecule has 4 heteroatoms. The van der Waals surface area contributed by atoms with Crippen LogP contribution in [0.5, 0.6) is 0 Å². The summed E-state index contributed by atoms with van der Waals surface area (Å²) in [6.45, 7) is 11.9. The van der Waals surface area contributed by atoms with E-state index in [2.05, 4.69) is 6.92 Å². The molecule has 0 radical (unpaired) electrons. The quantitative estimate of drug-likeness (QED) is 0.608. The maximum atomic E-state index is 12.3. The Bertz CT molecular complexity index is 508. The normalized spacial score (nSPS) is 42.2. The van der Waals surface area contributed by atoms with E-state index in [4.69, 9.17) is 4.74 Å². The van der Waals surface area contributed by atoms with Crippen LogP contribution in [0.1, 0.15) is 67.2 Å². The number of ether oxygens (including phenoxy) is 1. The fourth-order valence-electron chi connectivity index (χ4n) is 4.56. The number of aliphatic hydroxyl groups is 2. The Labute approximate surface area is 146 Å². The smallest absolute Gasteiger partial charge is 0.306 e. The van der Waals surface area contributed by atoms with E-state index in [9.17, 15) is 15.0 Å². The molecule has 0 aromatic heterocycles. The summed E-state index contributed by atoms with van der Waals surface area (Å²) in [6, 6.07) is 0. The van der Waals surface area contributed by atoms with Gasteiger partial charge in [0.2, 0.25) is 0 Å². The molecule has 0 bridgehead atoms. The molecule has 24 heavy (non-hydrogen) atoms. The summed E-state index contributed by atoms with van der Waals surface area (Å²) in [5, 5.41) is 22.0. The SMILES string of the molecule is CC(C)CC(=O)O[C@H]1C[C@](C)(O)C=C[C@@]2(C)CC[C@@](O)(C(C)C)[C@@H]12. The predicted octanol–water partition coefficient (Wildman–Crippen LogP) is 3.46. The maximum absolute atomic E-state index is 12.3. The largest absolute Gasteiger partial charge is 0.462 e. The number of fused-ring (bicyclic) bond motifs is 1. The van der Waals surface area contributed by atoms with Gasteiger partial charge in [-0.2, -0.15) is 0 Å². The Balaban J connectivity index is 2.38. The number of hydrogen-bond donors (Lipinski definition) is 2. The molecule has 2 aliphatic carbocycles. The zero-order chi connectivity index (χ0) is 18.3. The molecule has 0 heterocycles. The van der Waals surface area contributed by atoms with E-state index >= 15 is 0 Å². The van der Waals surface area contributed by atoms with Crippen LogP contribution in [0, 0.1) is 23.2 Å². The average molecular weight is 338 g/mol. The van der Waals surface area contributed by atoms with E-state index in [1.807, 2.05) is 39.8 Å². The van der Waals surface area contributed by atoms with Gasteiger partial charge >= 0.3 is 5.97 Å². The second-order valence-corrected chi connectivity index (χ2v) is 9.15. The molecule has 1 saturated carbocycles. The lowest BCUT2D eigenvalue weighted by atomic mass is 9.68. The van der Waals surface area contributed by atoms with Crippen molar-refractivity contribution >= 4 is 5.97 Å². The molecule has 0 aliphatic heterocycles. The molecule has 0 spiro atoms. The van der Waals surface area contributed by atoms with Crippen molar-refractivity contribution < 1.29 is 19.7 Å². The minimum Gasteiger partial charge on any atom is -0.462 e. The summed E-state index contributed by atoms with van der Waals surface area (Å²) >= 11 is 0. The van der Waals surface area contributed by atoms with Crippen molar-refractivity contribution in [2.24, 2.45) is 23.2 Å². The number of esters is 1. The summed E-state index contributed by atoms with van der Waals surface area (Å²) in [5.41, 5.74) is -2.20. The van der Waals surface area contributed by atoms with Gasteiger partial charge in [0.25, 0.3) is 0 Å². The van der Waals surface area contributed by atoms with E-state index in [1.165, 1.54) is 0 Å². The van der Waals surface area contributed by atoms with Crippen LogP contribution >= 0.6 is 0 Å². The Hall–Kier alpha value is -0.870. The molecule has 0 saturated heterocycles. The summed E-state index contributed by atoms with van der Waals surface area (Å²) in [7, 11) is 0. The zero-order valence-electron chi connectivity index (χ0n) is 16.0. The van der Waals surface area contributed by atoms with Crippen molar-refractivity contribution in [2.45, 2.75) is 84.5 Å². The number of rotatable bonds is 4. The van der Waals surface area contributed by atoms with Crippen LogP contribution in [0.4, 0.5) is 0 Å². The van der Waals surface area contributed by atoms with E-state index in [0.717, 1.165) is 6.42 Å². The van der Waals surface area contributed by atoms with Crippen molar-refractivity contribution in [3.63, 3.8) is 0 Å². The fourth-order valence-corrected chi connectivity index (χ4v) is 4.56. The summed E-state index contributed by atoms with van der Waals surface area (Å²) in [6.07, 6.45) is 5.57. The molecule has 4 nitrogen and oxygen atoms in total. The van der Waals surface area contributed by atoms with Crippen molar-refractivity contribution in [2.75, 3.05) is 0 Å². The molecule has 138 valence electrons. The molecule has 2 rings (SSSR count). The zero-order valence-corrected chi connectivity index (χ0v) is 16.0.